The van der Waals surface area contributed by atoms with Crippen molar-refractivity contribution in [1.29, 1.82) is 0 Å². The maximum atomic E-state index is 12.9. The lowest BCUT2D eigenvalue weighted by atomic mass is 9.97. The molecule has 2 saturated heterocycles. The molecule has 27 heavy (non-hydrogen) atoms. The van der Waals surface area contributed by atoms with Gasteiger partial charge in [0.2, 0.25) is 0 Å². The maximum Gasteiger partial charge on any atom is 0.255 e. The van der Waals surface area contributed by atoms with Crippen LogP contribution in [0.4, 0.5) is 5.82 Å². The third-order valence-corrected chi connectivity index (χ3v) is 5.38. The number of nitrogens with zero attached hydrogens (tertiary/aromatic N) is 5. The van der Waals surface area contributed by atoms with Crippen LogP contribution < -0.4 is 4.90 Å². The number of pyridine rings is 1. The van der Waals surface area contributed by atoms with Crippen LogP contribution in [-0.2, 0) is 11.3 Å². The van der Waals surface area contributed by atoms with Crippen molar-refractivity contribution in [3.05, 3.63) is 42.6 Å². The standard InChI is InChI=1S/C20H27N5O2/c26-20(25-7-1-3-17(15-25)14-23-9-6-21-16-23)18-4-5-19(22-13-18)24-8-2-11-27-12-10-24/h4-6,9,13,16-17H,1-3,7-8,10-12,14-15H2. The van der Waals surface area contributed by atoms with E-state index in [1.807, 2.05) is 29.6 Å². The molecule has 2 fully saturated rings. The highest BCUT2D eigenvalue weighted by atomic mass is 16.5. The summed E-state index contributed by atoms with van der Waals surface area (Å²) in [5.74, 6) is 1.48. The molecular formula is C20H27N5O2. The molecule has 2 aliphatic rings. The Labute approximate surface area is 160 Å². The van der Waals surface area contributed by atoms with Crippen molar-refractivity contribution >= 4 is 11.7 Å². The normalized spacial score (nSPS) is 21.1. The Balaban J connectivity index is 1.38. The minimum absolute atomic E-state index is 0.0866. The van der Waals surface area contributed by atoms with Crippen molar-refractivity contribution in [3.8, 4) is 0 Å². The molecule has 4 rings (SSSR count). The third-order valence-electron chi connectivity index (χ3n) is 5.38. The first kappa shape index (κ1) is 18.0. The quantitative estimate of drug-likeness (QED) is 0.825. The smallest absolute Gasteiger partial charge is 0.255 e. The Hall–Kier alpha value is -2.41. The van der Waals surface area contributed by atoms with E-state index in [0.29, 0.717) is 11.5 Å². The Morgan fingerprint density at radius 1 is 1.19 bits per heavy atom. The van der Waals surface area contributed by atoms with E-state index >= 15 is 0 Å². The molecule has 7 nitrogen and oxygen atoms in total. The van der Waals surface area contributed by atoms with Gasteiger partial charge in [-0.2, -0.15) is 0 Å². The number of hydrogen-bond donors (Lipinski definition) is 0. The summed E-state index contributed by atoms with van der Waals surface area (Å²) in [6.45, 7) is 5.87. The summed E-state index contributed by atoms with van der Waals surface area (Å²) in [4.78, 5) is 25.8. The van der Waals surface area contributed by atoms with Crippen LogP contribution in [0.1, 0.15) is 29.6 Å². The fraction of sp³-hybridized carbons (Fsp3) is 0.550. The van der Waals surface area contributed by atoms with E-state index in [1.165, 1.54) is 0 Å². The van der Waals surface area contributed by atoms with Crippen molar-refractivity contribution in [2.45, 2.75) is 25.8 Å². The molecule has 2 aromatic rings. The SMILES string of the molecule is O=C(c1ccc(N2CCCOCC2)nc1)N1CCCC(Cn2ccnc2)C1. The molecule has 1 amide bonds. The zero-order valence-electron chi connectivity index (χ0n) is 15.7. The summed E-state index contributed by atoms with van der Waals surface area (Å²) in [7, 11) is 0. The van der Waals surface area contributed by atoms with Crippen LogP contribution in [0.5, 0.6) is 0 Å². The summed E-state index contributed by atoms with van der Waals surface area (Å²) in [5.41, 5.74) is 0.674. The summed E-state index contributed by atoms with van der Waals surface area (Å²) in [6, 6.07) is 3.88. The van der Waals surface area contributed by atoms with E-state index in [-0.39, 0.29) is 5.91 Å². The number of aromatic nitrogens is 3. The van der Waals surface area contributed by atoms with Gasteiger partial charge in [0.25, 0.3) is 5.91 Å². The molecule has 0 spiro atoms. The molecule has 0 N–H and O–H groups in total. The molecule has 7 heteroatoms. The van der Waals surface area contributed by atoms with Gasteiger partial charge >= 0.3 is 0 Å². The fourth-order valence-corrected chi connectivity index (χ4v) is 3.95. The number of ether oxygens (including phenoxy) is 1. The van der Waals surface area contributed by atoms with E-state index in [1.54, 1.807) is 12.4 Å². The van der Waals surface area contributed by atoms with Gasteiger partial charge in [-0.3, -0.25) is 4.79 Å². The Kier molecular flexibility index (Phi) is 5.67. The first-order chi connectivity index (χ1) is 13.3. The van der Waals surface area contributed by atoms with Gasteiger partial charge in [0.15, 0.2) is 0 Å². The van der Waals surface area contributed by atoms with Crippen LogP contribution >= 0.6 is 0 Å². The number of imidazole rings is 1. The summed E-state index contributed by atoms with van der Waals surface area (Å²) < 4.78 is 7.60. The first-order valence-electron chi connectivity index (χ1n) is 9.83. The summed E-state index contributed by atoms with van der Waals surface area (Å²) in [5, 5.41) is 0. The molecule has 0 aliphatic carbocycles. The van der Waals surface area contributed by atoms with Crippen LogP contribution in [0.2, 0.25) is 0 Å². The van der Waals surface area contributed by atoms with Crippen LogP contribution in [0.15, 0.2) is 37.1 Å². The first-order valence-corrected chi connectivity index (χ1v) is 9.83. The topological polar surface area (TPSA) is 63.5 Å². The van der Waals surface area contributed by atoms with Crippen molar-refractivity contribution in [2.24, 2.45) is 5.92 Å². The minimum atomic E-state index is 0.0866. The van der Waals surface area contributed by atoms with Crippen molar-refractivity contribution in [2.75, 3.05) is 44.3 Å². The molecule has 0 aromatic carbocycles. The second kappa shape index (κ2) is 8.52. The van der Waals surface area contributed by atoms with Crippen LogP contribution in [-0.4, -0.2) is 64.7 Å². The number of carbonyl (C=O) groups excluding carboxylic acids is 1. The lowest BCUT2D eigenvalue weighted by Gasteiger charge is -2.33. The predicted molar refractivity (Wildman–Crippen MR) is 103 cm³/mol. The van der Waals surface area contributed by atoms with Gasteiger partial charge in [0, 0.05) is 57.9 Å². The van der Waals surface area contributed by atoms with Crippen molar-refractivity contribution < 1.29 is 9.53 Å². The molecule has 4 heterocycles. The second-order valence-corrected chi connectivity index (χ2v) is 7.38. The van der Waals surface area contributed by atoms with Crippen LogP contribution in [0.3, 0.4) is 0 Å². The number of amides is 1. The second-order valence-electron chi connectivity index (χ2n) is 7.38. The van der Waals surface area contributed by atoms with Crippen LogP contribution in [0, 0.1) is 5.92 Å². The Bertz CT molecular complexity index is 723. The van der Waals surface area contributed by atoms with Crippen LogP contribution in [0.25, 0.3) is 0 Å². The number of piperidine rings is 1. The minimum Gasteiger partial charge on any atom is -0.380 e. The van der Waals surface area contributed by atoms with Gasteiger partial charge < -0.3 is 19.1 Å². The number of anilines is 1. The summed E-state index contributed by atoms with van der Waals surface area (Å²) in [6.07, 6.45) is 10.6. The molecule has 0 radical (unpaired) electrons. The molecule has 1 unspecified atom stereocenters. The summed E-state index contributed by atoms with van der Waals surface area (Å²) >= 11 is 0. The molecule has 144 valence electrons. The average Bonchev–Trinajstić information content (AvgIpc) is 3.07. The number of likely N-dealkylation sites (tertiary alicyclic amines) is 1. The third kappa shape index (κ3) is 4.47. The number of hydrogen-bond acceptors (Lipinski definition) is 5. The lowest BCUT2D eigenvalue weighted by molar-refractivity contribution is 0.0662. The predicted octanol–water partition coefficient (Wildman–Crippen LogP) is 2.06. The van der Waals surface area contributed by atoms with Gasteiger partial charge in [-0.1, -0.05) is 0 Å². The number of rotatable bonds is 4. The highest BCUT2D eigenvalue weighted by Gasteiger charge is 2.25. The van der Waals surface area contributed by atoms with Gasteiger partial charge in [-0.25, -0.2) is 9.97 Å². The largest absolute Gasteiger partial charge is 0.380 e. The van der Waals surface area contributed by atoms with Gasteiger partial charge in [-0.15, -0.1) is 0 Å². The molecule has 2 aliphatic heterocycles. The highest BCUT2D eigenvalue weighted by Crippen LogP contribution is 2.21. The molecule has 0 bridgehead atoms. The van der Waals surface area contributed by atoms with Crippen molar-refractivity contribution in [3.63, 3.8) is 0 Å². The maximum absolute atomic E-state index is 12.9. The van der Waals surface area contributed by atoms with E-state index in [0.717, 1.165) is 71.0 Å². The molecule has 2 aromatic heterocycles. The molecule has 1 atom stereocenters. The van der Waals surface area contributed by atoms with E-state index in [9.17, 15) is 4.79 Å². The van der Waals surface area contributed by atoms with Crippen molar-refractivity contribution in [1.82, 2.24) is 19.4 Å². The highest BCUT2D eigenvalue weighted by molar-refractivity contribution is 5.94. The zero-order chi connectivity index (χ0) is 18.5. The fourth-order valence-electron chi connectivity index (χ4n) is 3.95. The zero-order valence-corrected chi connectivity index (χ0v) is 15.7. The Morgan fingerprint density at radius 2 is 2.15 bits per heavy atom. The van der Waals surface area contributed by atoms with Gasteiger partial charge in [0.05, 0.1) is 18.5 Å². The molecular weight excluding hydrogens is 342 g/mol. The van der Waals surface area contributed by atoms with Gasteiger partial charge in [-0.05, 0) is 37.3 Å². The monoisotopic (exact) mass is 369 g/mol. The lowest BCUT2D eigenvalue weighted by Crippen LogP contribution is -2.41. The average molecular weight is 369 g/mol. The van der Waals surface area contributed by atoms with Gasteiger partial charge in [0.1, 0.15) is 5.82 Å². The molecule has 0 saturated carbocycles. The van der Waals surface area contributed by atoms with E-state index < -0.39 is 0 Å². The Morgan fingerprint density at radius 3 is 2.96 bits per heavy atom. The number of carbonyl (C=O) groups is 1. The van der Waals surface area contributed by atoms with E-state index in [4.69, 9.17) is 4.74 Å². The van der Waals surface area contributed by atoms with E-state index in [2.05, 4.69) is 19.4 Å².